The summed E-state index contributed by atoms with van der Waals surface area (Å²) in [6.45, 7) is 6.78. The van der Waals surface area contributed by atoms with Crippen molar-refractivity contribution >= 4 is 0 Å². The van der Waals surface area contributed by atoms with Crippen LogP contribution in [0.1, 0.15) is 31.7 Å². The molecule has 1 aromatic rings. The summed E-state index contributed by atoms with van der Waals surface area (Å²) >= 11 is 0. The van der Waals surface area contributed by atoms with E-state index in [1.165, 1.54) is 0 Å². The van der Waals surface area contributed by atoms with E-state index in [-0.39, 0.29) is 6.04 Å². The molecule has 1 aromatic heterocycles. The third-order valence-electron chi connectivity index (χ3n) is 2.05. The molecule has 0 aliphatic heterocycles. The number of nitrogens with two attached hydrogens (primary N) is 1. The van der Waals surface area contributed by atoms with E-state index in [2.05, 4.69) is 11.9 Å². The van der Waals surface area contributed by atoms with E-state index in [9.17, 15) is 0 Å². The molecule has 2 N–H and O–H groups in total. The smallest absolute Gasteiger partial charge is 0.140 e. The van der Waals surface area contributed by atoms with Crippen LogP contribution >= 0.6 is 0 Å². The highest BCUT2D eigenvalue weighted by atomic mass is 16.5. The van der Waals surface area contributed by atoms with E-state index in [0.717, 1.165) is 36.6 Å². The molecule has 0 amide bonds. The SMILES string of the molecule is CCCOc1ccc(C)nc1CC(C)N. The zero-order valence-electron chi connectivity index (χ0n) is 9.79. The van der Waals surface area contributed by atoms with Gasteiger partial charge in [-0.3, -0.25) is 4.98 Å². The molecule has 0 radical (unpaired) electrons. The van der Waals surface area contributed by atoms with E-state index in [0.29, 0.717) is 0 Å². The van der Waals surface area contributed by atoms with Crippen molar-refractivity contribution in [2.45, 2.75) is 39.7 Å². The first-order valence-corrected chi connectivity index (χ1v) is 5.48. The lowest BCUT2D eigenvalue weighted by atomic mass is 10.1. The van der Waals surface area contributed by atoms with Gasteiger partial charge in [-0.1, -0.05) is 6.92 Å². The van der Waals surface area contributed by atoms with E-state index in [4.69, 9.17) is 10.5 Å². The van der Waals surface area contributed by atoms with Crippen LogP contribution in [0.2, 0.25) is 0 Å². The van der Waals surface area contributed by atoms with E-state index in [1.807, 2.05) is 26.0 Å². The molecular formula is C12H20N2O. The Bertz CT molecular complexity index is 310. The van der Waals surface area contributed by atoms with Gasteiger partial charge in [0.05, 0.1) is 12.3 Å². The van der Waals surface area contributed by atoms with Crippen molar-refractivity contribution in [2.75, 3.05) is 6.61 Å². The summed E-state index contributed by atoms with van der Waals surface area (Å²) in [7, 11) is 0. The fourth-order valence-electron chi connectivity index (χ4n) is 1.39. The predicted molar refractivity (Wildman–Crippen MR) is 62.1 cm³/mol. The normalized spacial score (nSPS) is 12.5. The van der Waals surface area contributed by atoms with Gasteiger partial charge in [-0.25, -0.2) is 0 Å². The Morgan fingerprint density at radius 2 is 2.20 bits per heavy atom. The van der Waals surface area contributed by atoms with E-state index >= 15 is 0 Å². The lowest BCUT2D eigenvalue weighted by Crippen LogP contribution is -2.19. The van der Waals surface area contributed by atoms with Gasteiger partial charge in [0.15, 0.2) is 0 Å². The van der Waals surface area contributed by atoms with Crippen molar-refractivity contribution in [2.24, 2.45) is 5.73 Å². The standard InChI is InChI=1S/C12H20N2O/c1-4-7-15-12-6-5-10(3)14-11(12)8-9(2)13/h5-6,9H,4,7-8,13H2,1-3H3. The molecule has 0 aliphatic carbocycles. The van der Waals surface area contributed by atoms with Crippen LogP contribution in [0.15, 0.2) is 12.1 Å². The Morgan fingerprint density at radius 3 is 2.80 bits per heavy atom. The van der Waals surface area contributed by atoms with Crippen LogP contribution in [0.4, 0.5) is 0 Å². The molecule has 15 heavy (non-hydrogen) atoms. The van der Waals surface area contributed by atoms with Crippen molar-refractivity contribution < 1.29 is 4.74 Å². The summed E-state index contributed by atoms with van der Waals surface area (Å²) in [6.07, 6.45) is 1.77. The molecule has 1 atom stereocenters. The number of pyridine rings is 1. The number of hydrogen-bond acceptors (Lipinski definition) is 3. The van der Waals surface area contributed by atoms with E-state index in [1.54, 1.807) is 0 Å². The lowest BCUT2D eigenvalue weighted by Gasteiger charge is -2.12. The molecule has 0 spiro atoms. The Hall–Kier alpha value is -1.09. The van der Waals surface area contributed by atoms with Crippen LogP contribution < -0.4 is 10.5 Å². The van der Waals surface area contributed by atoms with Gasteiger partial charge in [0.1, 0.15) is 5.75 Å². The van der Waals surface area contributed by atoms with Crippen molar-refractivity contribution in [1.29, 1.82) is 0 Å². The van der Waals surface area contributed by atoms with Gasteiger partial charge in [-0.15, -0.1) is 0 Å². The van der Waals surface area contributed by atoms with Gasteiger partial charge in [0, 0.05) is 18.2 Å². The van der Waals surface area contributed by atoms with Gasteiger partial charge in [-0.05, 0) is 32.4 Å². The molecule has 1 heterocycles. The number of aryl methyl sites for hydroxylation is 1. The van der Waals surface area contributed by atoms with Crippen molar-refractivity contribution in [3.8, 4) is 5.75 Å². The Kier molecular flexibility index (Phi) is 4.56. The first-order chi connectivity index (χ1) is 7.13. The number of rotatable bonds is 5. The fourth-order valence-corrected chi connectivity index (χ4v) is 1.39. The molecule has 0 saturated heterocycles. The summed E-state index contributed by atoms with van der Waals surface area (Å²) in [5.74, 6) is 0.875. The molecule has 1 rings (SSSR count). The molecule has 3 heteroatoms. The maximum Gasteiger partial charge on any atom is 0.140 e. The zero-order valence-corrected chi connectivity index (χ0v) is 9.79. The van der Waals surface area contributed by atoms with Crippen molar-refractivity contribution in [1.82, 2.24) is 4.98 Å². The van der Waals surface area contributed by atoms with Crippen molar-refractivity contribution in [3.05, 3.63) is 23.5 Å². The predicted octanol–water partition coefficient (Wildman–Crippen LogP) is 2.07. The minimum Gasteiger partial charge on any atom is -0.492 e. The average Bonchev–Trinajstić information content (AvgIpc) is 2.16. The first-order valence-electron chi connectivity index (χ1n) is 5.48. The number of hydrogen-bond donors (Lipinski definition) is 1. The lowest BCUT2D eigenvalue weighted by molar-refractivity contribution is 0.311. The highest BCUT2D eigenvalue weighted by molar-refractivity contribution is 5.29. The summed E-state index contributed by atoms with van der Waals surface area (Å²) in [6, 6.07) is 4.06. The molecule has 0 saturated carbocycles. The quantitative estimate of drug-likeness (QED) is 0.805. The molecule has 0 bridgehead atoms. The molecule has 0 aliphatic rings. The summed E-state index contributed by atoms with van der Waals surface area (Å²) in [5.41, 5.74) is 7.76. The molecule has 0 fully saturated rings. The molecule has 3 nitrogen and oxygen atoms in total. The molecule has 0 aromatic carbocycles. The van der Waals surface area contributed by atoms with Gasteiger partial charge in [-0.2, -0.15) is 0 Å². The second-order valence-corrected chi connectivity index (χ2v) is 3.93. The average molecular weight is 208 g/mol. The maximum atomic E-state index is 5.78. The summed E-state index contributed by atoms with van der Waals surface area (Å²) in [4.78, 5) is 4.46. The fraction of sp³-hybridized carbons (Fsp3) is 0.583. The Labute approximate surface area is 91.7 Å². The molecule has 84 valence electrons. The monoisotopic (exact) mass is 208 g/mol. The van der Waals surface area contributed by atoms with Crippen LogP contribution in [0.3, 0.4) is 0 Å². The van der Waals surface area contributed by atoms with Gasteiger partial charge >= 0.3 is 0 Å². The zero-order chi connectivity index (χ0) is 11.3. The van der Waals surface area contributed by atoms with Crippen LogP contribution in [-0.4, -0.2) is 17.6 Å². The van der Waals surface area contributed by atoms with Crippen LogP contribution in [-0.2, 0) is 6.42 Å². The van der Waals surface area contributed by atoms with Crippen molar-refractivity contribution in [3.63, 3.8) is 0 Å². The first kappa shape index (κ1) is 12.0. The minimum atomic E-state index is 0.114. The second-order valence-electron chi connectivity index (χ2n) is 3.93. The van der Waals surface area contributed by atoms with E-state index < -0.39 is 0 Å². The highest BCUT2D eigenvalue weighted by Crippen LogP contribution is 2.18. The highest BCUT2D eigenvalue weighted by Gasteiger charge is 2.07. The summed E-state index contributed by atoms with van der Waals surface area (Å²) in [5, 5.41) is 0. The second kappa shape index (κ2) is 5.71. The number of ether oxygens (including phenoxy) is 1. The van der Waals surface area contributed by atoms with Crippen LogP contribution in [0.5, 0.6) is 5.75 Å². The third-order valence-corrected chi connectivity index (χ3v) is 2.05. The van der Waals surface area contributed by atoms with Gasteiger partial charge < -0.3 is 10.5 Å². The Balaban J connectivity index is 2.82. The topological polar surface area (TPSA) is 48.1 Å². The van der Waals surface area contributed by atoms with Gasteiger partial charge in [0.2, 0.25) is 0 Å². The minimum absolute atomic E-state index is 0.114. The summed E-state index contributed by atoms with van der Waals surface area (Å²) < 4.78 is 5.62. The van der Waals surface area contributed by atoms with Crippen LogP contribution in [0, 0.1) is 6.92 Å². The van der Waals surface area contributed by atoms with Crippen LogP contribution in [0.25, 0.3) is 0 Å². The maximum absolute atomic E-state index is 5.78. The number of aromatic nitrogens is 1. The number of nitrogens with zero attached hydrogens (tertiary/aromatic N) is 1. The van der Waals surface area contributed by atoms with Gasteiger partial charge in [0.25, 0.3) is 0 Å². The molecule has 1 unspecified atom stereocenters. The Morgan fingerprint density at radius 1 is 1.47 bits per heavy atom. The third kappa shape index (κ3) is 3.88. The largest absolute Gasteiger partial charge is 0.492 e. The molecular weight excluding hydrogens is 188 g/mol.